The summed E-state index contributed by atoms with van der Waals surface area (Å²) >= 11 is 0. The van der Waals surface area contributed by atoms with Crippen molar-refractivity contribution in [2.75, 3.05) is 7.11 Å². The van der Waals surface area contributed by atoms with E-state index in [-0.39, 0.29) is 0 Å². The van der Waals surface area contributed by atoms with Gasteiger partial charge in [-0.2, -0.15) is 0 Å². The second-order valence-corrected chi connectivity index (χ2v) is 7.05. The molecule has 0 radical (unpaired) electrons. The lowest BCUT2D eigenvalue weighted by atomic mass is 9.93. The van der Waals surface area contributed by atoms with Crippen molar-refractivity contribution in [3.63, 3.8) is 0 Å². The Morgan fingerprint density at radius 3 is 2.40 bits per heavy atom. The van der Waals surface area contributed by atoms with E-state index in [2.05, 4.69) is 9.71 Å². The normalized spacial score (nSPS) is 11.8. The average molecular weight is 356 g/mol. The first-order valence-electron chi connectivity index (χ1n) is 7.86. The van der Waals surface area contributed by atoms with Crippen LogP contribution in [0, 0.1) is 0 Å². The monoisotopic (exact) mass is 356 g/mol. The van der Waals surface area contributed by atoms with Crippen molar-refractivity contribution in [2.24, 2.45) is 0 Å². The Morgan fingerprint density at radius 1 is 1.04 bits per heavy atom. The third kappa shape index (κ3) is 3.65. The van der Waals surface area contributed by atoms with Crippen molar-refractivity contribution in [3.05, 3.63) is 60.3 Å². The van der Waals surface area contributed by atoms with E-state index in [1.54, 1.807) is 13.3 Å². The number of hydrogen-bond acceptors (Lipinski definition) is 4. The highest BCUT2D eigenvalue weighted by Crippen LogP contribution is 2.31. The summed E-state index contributed by atoms with van der Waals surface area (Å²) in [5, 5.41) is 1.04. The molecule has 0 saturated carbocycles. The number of aromatic nitrogens is 1. The Kier molecular flexibility index (Phi) is 4.74. The molecule has 5 nitrogen and oxygen atoms in total. The van der Waals surface area contributed by atoms with E-state index in [1.165, 1.54) is 0 Å². The molecule has 0 aliphatic carbocycles. The number of rotatable bonds is 5. The number of nitrogens with one attached hydrogen (secondary N) is 1. The smallest absolute Gasteiger partial charge is 0.202 e. The Balaban J connectivity index is 2.02. The zero-order chi connectivity index (χ0) is 18.0. The van der Waals surface area contributed by atoms with E-state index in [0.717, 1.165) is 33.3 Å². The summed E-state index contributed by atoms with van der Waals surface area (Å²) in [4.78, 5) is 4.41. The molecule has 2 aromatic carbocycles. The predicted molar refractivity (Wildman–Crippen MR) is 100 cm³/mol. The molecule has 0 saturated heterocycles. The van der Waals surface area contributed by atoms with Crippen LogP contribution in [-0.4, -0.2) is 20.5 Å². The van der Waals surface area contributed by atoms with E-state index in [1.807, 2.05) is 62.4 Å². The Morgan fingerprint density at radius 2 is 1.76 bits per heavy atom. The Bertz CT molecular complexity index is 972. The zero-order valence-corrected chi connectivity index (χ0v) is 15.2. The maximum Gasteiger partial charge on any atom is 0.202 e. The van der Waals surface area contributed by atoms with Crippen LogP contribution in [0.25, 0.3) is 22.0 Å². The topological polar surface area (TPSA) is 68.3 Å². The predicted octanol–water partition coefficient (Wildman–Crippen LogP) is 3.26. The first kappa shape index (κ1) is 17.4. The third-order valence-electron chi connectivity index (χ3n) is 4.24. The lowest BCUT2D eigenvalue weighted by Gasteiger charge is -2.23. The van der Waals surface area contributed by atoms with Crippen LogP contribution >= 0.6 is 0 Å². The quantitative estimate of drug-likeness (QED) is 0.689. The van der Waals surface area contributed by atoms with Gasteiger partial charge in [-0.1, -0.05) is 24.3 Å². The van der Waals surface area contributed by atoms with Gasteiger partial charge >= 0.3 is 0 Å². The Hall–Kier alpha value is -2.44. The van der Waals surface area contributed by atoms with Crippen molar-refractivity contribution >= 4 is 21.8 Å². The van der Waals surface area contributed by atoms with Crippen molar-refractivity contribution in [2.45, 2.75) is 19.4 Å². The standard InChI is InChI=1S/C19H20N2O3S/c1-19(2,21-25(22)23)14-6-4-13(5-7-14)16-10-11-20-18-12-15(24-3)8-9-17(16)18/h4-12,25H,1-3H3,(H,21,22,23). The molecule has 6 heteroatoms. The summed E-state index contributed by atoms with van der Waals surface area (Å²) in [5.74, 6) is 0.770. The number of pyridine rings is 1. The number of hydrogen-bond donors (Lipinski definition) is 2. The average Bonchev–Trinajstić information content (AvgIpc) is 2.59. The molecule has 25 heavy (non-hydrogen) atoms. The summed E-state index contributed by atoms with van der Waals surface area (Å²) in [6.45, 7) is 3.67. The second kappa shape index (κ2) is 6.82. The molecule has 0 spiro atoms. The molecule has 0 amide bonds. The van der Waals surface area contributed by atoms with Gasteiger partial charge in [0.15, 0.2) is 0 Å². The zero-order valence-electron chi connectivity index (χ0n) is 14.3. The first-order chi connectivity index (χ1) is 11.9. The van der Waals surface area contributed by atoms with Crippen molar-refractivity contribution in [3.8, 4) is 16.9 Å². The summed E-state index contributed by atoms with van der Waals surface area (Å²) in [6.07, 6.45) is 1.78. The molecule has 0 atom stereocenters. The van der Waals surface area contributed by atoms with Gasteiger partial charge in [-0.05, 0) is 48.7 Å². The van der Waals surface area contributed by atoms with Gasteiger partial charge in [0.1, 0.15) is 5.75 Å². The molecule has 1 N–H and O–H groups in total. The fraction of sp³-hybridized carbons (Fsp3) is 0.211. The van der Waals surface area contributed by atoms with Crippen LogP contribution in [0.3, 0.4) is 0 Å². The van der Waals surface area contributed by atoms with Gasteiger partial charge in [0, 0.05) is 17.6 Å². The van der Waals surface area contributed by atoms with Crippen LogP contribution in [-0.2, 0) is 16.4 Å². The summed E-state index contributed by atoms with van der Waals surface area (Å²) in [7, 11) is -1.03. The highest BCUT2D eigenvalue weighted by Gasteiger charge is 2.20. The van der Waals surface area contributed by atoms with Crippen LogP contribution in [0.5, 0.6) is 5.75 Å². The van der Waals surface area contributed by atoms with E-state index in [9.17, 15) is 8.42 Å². The van der Waals surface area contributed by atoms with Gasteiger partial charge in [0.2, 0.25) is 10.9 Å². The highest BCUT2D eigenvalue weighted by atomic mass is 32.2. The van der Waals surface area contributed by atoms with E-state index in [0.29, 0.717) is 0 Å². The molecule has 0 unspecified atom stereocenters. The van der Waals surface area contributed by atoms with Crippen molar-refractivity contribution in [1.29, 1.82) is 0 Å². The highest BCUT2D eigenvalue weighted by molar-refractivity contribution is 7.70. The van der Waals surface area contributed by atoms with Gasteiger partial charge < -0.3 is 4.74 Å². The molecule has 0 bridgehead atoms. The van der Waals surface area contributed by atoms with Crippen LogP contribution in [0.2, 0.25) is 0 Å². The van der Waals surface area contributed by atoms with Gasteiger partial charge in [-0.3, -0.25) is 4.98 Å². The van der Waals surface area contributed by atoms with Gasteiger partial charge in [0.05, 0.1) is 18.2 Å². The molecule has 1 heterocycles. The molecule has 1 aromatic heterocycles. The second-order valence-electron chi connectivity index (χ2n) is 6.31. The number of ether oxygens (including phenoxy) is 1. The van der Waals surface area contributed by atoms with Gasteiger partial charge in [-0.15, -0.1) is 0 Å². The maximum absolute atomic E-state index is 11.0. The summed E-state index contributed by atoms with van der Waals surface area (Å²) in [6, 6.07) is 15.7. The van der Waals surface area contributed by atoms with Crippen molar-refractivity contribution in [1.82, 2.24) is 9.71 Å². The minimum atomic E-state index is -2.66. The molecule has 130 valence electrons. The lowest BCUT2D eigenvalue weighted by molar-refractivity contribution is 0.415. The fourth-order valence-electron chi connectivity index (χ4n) is 2.87. The molecule has 0 aliphatic heterocycles. The number of methoxy groups -OCH3 is 1. The van der Waals surface area contributed by atoms with Crippen LogP contribution in [0.15, 0.2) is 54.7 Å². The van der Waals surface area contributed by atoms with E-state index >= 15 is 0 Å². The molecule has 0 aliphatic rings. The maximum atomic E-state index is 11.0. The van der Waals surface area contributed by atoms with E-state index < -0.39 is 16.4 Å². The summed E-state index contributed by atoms with van der Waals surface area (Å²) in [5.41, 5.74) is 3.23. The largest absolute Gasteiger partial charge is 0.497 e. The van der Waals surface area contributed by atoms with Crippen LogP contribution < -0.4 is 9.46 Å². The molecule has 3 rings (SSSR count). The molecule has 0 fully saturated rings. The van der Waals surface area contributed by atoms with Gasteiger partial charge in [0.25, 0.3) is 0 Å². The van der Waals surface area contributed by atoms with Crippen molar-refractivity contribution < 1.29 is 13.2 Å². The number of nitrogens with zero attached hydrogens (tertiary/aromatic N) is 1. The SMILES string of the molecule is COc1ccc2c(-c3ccc(C(C)(C)N[SH](=O)=O)cc3)ccnc2c1. The Labute approximate surface area is 148 Å². The molecular formula is C19H20N2O3S. The number of benzene rings is 2. The van der Waals surface area contributed by atoms with Crippen LogP contribution in [0.1, 0.15) is 19.4 Å². The van der Waals surface area contributed by atoms with Gasteiger partial charge in [-0.25, -0.2) is 13.1 Å². The number of thiol groups is 1. The summed E-state index contributed by atoms with van der Waals surface area (Å²) < 4.78 is 29.8. The third-order valence-corrected chi connectivity index (χ3v) is 4.98. The van der Waals surface area contributed by atoms with E-state index in [4.69, 9.17) is 4.74 Å². The molecule has 3 aromatic rings. The minimum Gasteiger partial charge on any atom is -0.497 e. The van der Waals surface area contributed by atoms with Crippen LogP contribution in [0.4, 0.5) is 0 Å². The lowest BCUT2D eigenvalue weighted by Crippen LogP contribution is -2.35. The molecular weight excluding hydrogens is 336 g/mol. The fourth-order valence-corrected chi connectivity index (χ4v) is 3.45. The minimum absolute atomic E-state index is 0.651. The first-order valence-corrected chi connectivity index (χ1v) is 9.04. The number of fused-ring (bicyclic) bond motifs is 1.